The van der Waals surface area contributed by atoms with Gasteiger partial charge in [0.15, 0.2) is 0 Å². The number of carbonyl (C=O) groups excluding carboxylic acids is 1. The Hall–Kier alpha value is -2.49. The van der Waals surface area contributed by atoms with Crippen molar-refractivity contribution in [3.63, 3.8) is 0 Å². The van der Waals surface area contributed by atoms with E-state index in [4.69, 9.17) is 8.83 Å². The summed E-state index contributed by atoms with van der Waals surface area (Å²) in [6.45, 7) is 3.66. The number of carbonyl (C=O) groups is 1. The van der Waals surface area contributed by atoms with Gasteiger partial charge in [0, 0.05) is 5.39 Å². The molecule has 0 aliphatic carbocycles. The van der Waals surface area contributed by atoms with Gasteiger partial charge in [-0.3, -0.25) is 4.79 Å². The molecular formula is C16H15NO3. The molecule has 2 heterocycles. The third-order valence-corrected chi connectivity index (χ3v) is 3.32. The molecule has 2 aromatic heterocycles. The van der Waals surface area contributed by atoms with Crippen molar-refractivity contribution in [2.24, 2.45) is 0 Å². The molecule has 20 heavy (non-hydrogen) atoms. The number of aryl methyl sites for hydroxylation is 1. The molecule has 1 aromatic carbocycles. The van der Waals surface area contributed by atoms with Crippen molar-refractivity contribution in [3.8, 4) is 0 Å². The number of nitrogens with one attached hydrogen (secondary N) is 1. The van der Waals surface area contributed by atoms with Gasteiger partial charge in [-0.1, -0.05) is 18.2 Å². The molecule has 0 radical (unpaired) electrons. The van der Waals surface area contributed by atoms with Gasteiger partial charge >= 0.3 is 0 Å². The maximum Gasteiger partial charge on any atom is 0.255 e. The lowest BCUT2D eigenvalue weighted by atomic mass is 10.2. The molecule has 3 rings (SSSR count). The minimum absolute atomic E-state index is 0.163. The maximum atomic E-state index is 12.1. The van der Waals surface area contributed by atoms with Crippen LogP contribution < -0.4 is 5.32 Å². The largest absolute Gasteiger partial charge is 0.469 e. The second kappa shape index (κ2) is 4.89. The van der Waals surface area contributed by atoms with Crippen LogP contribution in [0.1, 0.15) is 34.8 Å². The Morgan fingerprint density at radius 3 is 2.75 bits per heavy atom. The van der Waals surface area contributed by atoms with E-state index in [0.717, 1.165) is 16.7 Å². The van der Waals surface area contributed by atoms with Crippen molar-refractivity contribution >= 4 is 16.9 Å². The van der Waals surface area contributed by atoms with Crippen LogP contribution in [0.4, 0.5) is 0 Å². The smallest absolute Gasteiger partial charge is 0.255 e. The fraction of sp³-hybridized carbons (Fsp3) is 0.188. The highest BCUT2D eigenvalue weighted by molar-refractivity contribution is 5.95. The highest BCUT2D eigenvalue weighted by Crippen LogP contribution is 2.24. The monoisotopic (exact) mass is 269 g/mol. The first-order chi connectivity index (χ1) is 9.65. The summed E-state index contributed by atoms with van der Waals surface area (Å²) in [7, 11) is 0. The van der Waals surface area contributed by atoms with Crippen molar-refractivity contribution < 1.29 is 13.6 Å². The molecule has 0 aliphatic heterocycles. The Labute approximate surface area is 116 Å². The molecule has 0 aliphatic rings. The zero-order chi connectivity index (χ0) is 14.1. The molecule has 4 nitrogen and oxygen atoms in total. The lowest BCUT2D eigenvalue weighted by Crippen LogP contribution is -2.26. The zero-order valence-electron chi connectivity index (χ0n) is 11.3. The molecule has 102 valence electrons. The average Bonchev–Trinajstić information content (AvgIpc) is 3.04. The van der Waals surface area contributed by atoms with Gasteiger partial charge in [-0.15, -0.1) is 0 Å². The standard InChI is InChI=1S/C16H15NO3/c1-10(17-16(18)13-7-8-19-11(13)2)15-9-12-5-3-4-6-14(12)20-15/h3-10H,1-2H3,(H,17,18). The summed E-state index contributed by atoms with van der Waals surface area (Å²) in [6.07, 6.45) is 1.51. The Kier molecular flexibility index (Phi) is 3.06. The summed E-state index contributed by atoms with van der Waals surface area (Å²) in [5, 5.41) is 3.94. The molecule has 0 spiro atoms. The minimum Gasteiger partial charge on any atom is -0.469 e. The van der Waals surface area contributed by atoms with E-state index in [2.05, 4.69) is 5.32 Å². The van der Waals surface area contributed by atoms with Gasteiger partial charge in [0.25, 0.3) is 5.91 Å². The Morgan fingerprint density at radius 2 is 2.05 bits per heavy atom. The second-order valence-electron chi connectivity index (χ2n) is 4.77. The van der Waals surface area contributed by atoms with E-state index < -0.39 is 0 Å². The van der Waals surface area contributed by atoms with Crippen LogP contribution >= 0.6 is 0 Å². The van der Waals surface area contributed by atoms with Crippen molar-refractivity contribution in [1.82, 2.24) is 5.32 Å². The molecule has 1 amide bonds. The van der Waals surface area contributed by atoms with E-state index in [1.54, 1.807) is 13.0 Å². The zero-order valence-corrected chi connectivity index (χ0v) is 11.3. The van der Waals surface area contributed by atoms with E-state index in [1.165, 1.54) is 6.26 Å². The van der Waals surface area contributed by atoms with Gasteiger partial charge in [-0.05, 0) is 32.0 Å². The molecule has 0 saturated heterocycles. The first-order valence-electron chi connectivity index (χ1n) is 6.48. The third kappa shape index (κ3) is 2.20. The SMILES string of the molecule is Cc1occc1C(=O)NC(C)c1cc2ccccc2o1. The van der Waals surface area contributed by atoms with E-state index in [9.17, 15) is 4.79 Å². The molecule has 0 bridgehead atoms. The highest BCUT2D eigenvalue weighted by atomic mass is 16.3. The van der Waals surface area contributed by atoms with Crippen LogP contribution in [0.2, 0.25) is 0 Å². The summed E-state index contributed by atoms with van der Waals surface area (Å²) in [4.78, 5) is 12.1. The Bertz CT molecular complexity index is 721. The van der Waals surface area contributed by atoms with Gasteiger partial charge in [-0.25, -0.2) is 0 Å². The van der Waals surface area contributed by atoms with Crippen LogP contribution in [0.25, 0.3) is 11.0 Å². The van der Waals surface area contributed by atoms with Crippen LogP contribution in [0.5, 0.6) is 0 Å². The number of furan rings is 2. The Balaban J connectivity index is 1.80. The summed E-state index contributed by atoms with van der Waals surface area (Å²) in [6, 6.07) is 11.2. The van der Waals surface area contributed by atoms with E-state index >= 15 is 0 Å². The molecule has 4 heteroatoms. The summed E-state index contributed by atoms with van der Waals surface area (Å²) < 4.78 is 10.9. The van der Waals surface area contributed by atoms with Crippen molar-refractivity contribution in [2.45, 2.75) is 19.9 Å². The van der Waals surface area contributed by atoms with Crippen LogP contribution in [-0.2, 0) is 0 Å². The van der Waals surface area contributed by atoms with Crippen LogP contribution in [0.15, 0.2) is 51.5 Å². The number of hydrogen-bond acceptors (Lipinski definition) is 3. The third-order valence-electron chi connectivity index (χ3n) is 3.32. The summed E-state index contributed by atoms with van der Waals surface area (Å²) in [5.41, 5.74) is 1.37. The fourth-order valence-electron chi connectivity index (χ4n) is 2.18. The molecule has 0 saturated carbocycles. The molecule has 1 N–H and O–H groups in total. The molecule has 0 fully saturated rings. The normalized spacial score (nSPS) is 12.5. The first-order valence-corrected chi connectivity index (χ1v) is 6.48. The van der Waals surface area contributed by atoms with E-state index in [1.807, 2.05) is 37.3 Å². The number of rotatable bonds is 3. The predicted molar refractivity (Wildman–Crippen MR) is 75.5 cm³/mol. The van der Waals surface area contributed by atoms with Crippen molar-refractivity contribution in [1.29, 1.82) is 0 Å². The highest BCUT2D eigenvalue weighted by Gasteiger charge is 2.17. The summed E-state index contributed by atoms with van der Waals surface area (Å²) in [5.74, 6) is 1.18. The predicted octanol–water partition coefficient (Wildman–Crippen LogP) is 3.83. The number of hydrogen-bond donors (Lipinski definition) is 1. The molecule has 3 aromatic rings. The summed E-state index contributed by atoms with van der Waals surface area (Å²) >= 11 is 0. The second-order valence-corrected chi connectivity index (χ2v) is 4.77. The molecule has 1 atom stereocenters. The van der Waals surface area contributed by atoms with Gasteiger partial charge in [-0.2, -0.15) is 0 Å². The van der Waals surface area contributed by atoms with Gasteiger partial charge < -0.3 is 14.2 Å². The Morgan fingerprint density at radius 1 is 1.25 bits per heavy atom. The fourth-order valence-corrected chi connectivity index (χ4v) is 2.18. The van der Waals surface area contributed by atoms with Crippen molar-refractivity contribution in [2.75, 3.05) is 0 Å². The van der Waals surface area contributed by atoms with Gasteiger partial charge in [0.1, 0.15) is 17.1 Å². The molecular weight excluding hydrogens is 254 g/mol. The van der Waals surface area contributed by atoms with E-state index in [-0.39, 0.29) is 11.9 Å². The average molecular weight is 269 g/mol. The van der Waals surface area contributed by atoms with Crippen LogP contribution in [0, 0.1) is 6.92 Å². The quantitative estimate of drug-likeness (QED) is 0.786. The number of fused-ring (bicyclic) bond motifs is 1. The number of amides is 1. The number of benzene rings is 1. The van der Waals surface area contributed by atoms with E-state index in [0.29, 0.717) is 11.3 Å². The maximum absolute atomic E-state index is 12.1. The lowest BCUT2D eigenvalue weighted by molar-refractivity contribution is 0.0934. The topological polar surface area (TPSA) is 55.4 Å². The first kappa shape index (κ1) is 12.5. The molecule has 1 unspecified atom stereocenters. The van der Waals surface area contributed by atoms with Gasteiger partial charge in [0.2, 0.25) is 0 Å². The number of para-hydroxylation sites is 1. The van der Waals surface area contributed by atoms with Crippen LogP contribution in [0.3, 0.4) is 0 Å². The minimum atomic E-state index is -0.204. The van der Waals surface area contributed by atoms with Crippen molar-refractivity contribution in [3.05, 3.63) is 59.7 Å². The van der Waals surface area contributed by atoms with Crippen LogP contribution in [-0.4, -0.2) is 5.91 Å². The lowest BCUT2D eigenvalue weighted by Gasteiger charge is -2.10. The van der Waals surface area contributed by atoms with Gasteiger partial charge in [0.05, 0.1) is 17.9 Å².